The first-order chi connectivity index (χ1) is 6.77. The number of rotatable bonds is 2. The molecule has 1 nitrogen and oxygen atoms in total. The van der Waals surface area contributed by atoms with Crippen LogP contribution in [0.1, 0.15) is 5.56 Å². The van der Waals surface area contributed by atoms with E-state index in [1.165, 1.54) is 15.0 Å². The van der Waals surface area contributed by atoms with Gasteiger partial charge in [0.1, 0.15) is 0 Å². The van der Waals surface area contributed by atoms with E-state index in [1.807, 2.05) is 0 Å². The highest BCUT2D eigenvalue weighted by atomic mass is 35.5. The molecule has 2 aromatic rings. The molecule has 0 aliphatic rings. The van der Waals surface area contributed by atoms with Crippen molar-refractivity contribution in [3.05, 3.63) is 23.8 Å². The van der Waals surface area contributed by atoms with Gasteiger partial charge in [-0.3, -0.25) is 0 Å². The standard InChI is InChI=1S/C10H10ClNS2/c1-13-8-4-2-3-6-7(5-11)10(12)14-9(6)8/h2-4H,5,12H2,1H3. The first kappa shape index (κ1) is 10.1. The second-order valence-corrected chi connectivity index (χ2v) is 5.08. The van der Waals surface area contributed by atoms with Gasteiger partial charge in [0.15, 0.2) is 0 Å². The Morgan fingerprint density at radius 3 is 2.93 bits per heavy atom. The number of thioether (sulfide) groups is 1. The summed E-state index contributed by atoms with van der Waals surface area (Å²) in [6, 6.07) is 6.25. The molecule has 0 saturated carbocycles. The van der Waals surface area contributed by atoms with Crippen LogP contribution in [0.15, 0.2) is 23.1 Å². The molecule has 4 heteroatoms. The molecule has 2 rings (SSSR count). The summed E-state index contributed by atoms with van der Waals surface area (Å²) in [5, 5.41) is 2.05. The molecule has 1 aromatic heterocycles. The van der Waals surface area contributed by atoms with Gasteiger partial charge in [-0.25, -0.2) is 0 Å². The van der Waals surface area contributed by atoms with Gasteiger partial charge in [0, 0.05) is 15.8 Å². The minimum atomic E-state index is 0.490. The highest BCUT2D eigenvalue weighted by Gasteiger charge is 2.10. The summed E-state index contributed by atoms with van der Waals surface area (Å²) in [7, 11) is 0. The molecule has 1 heterocycles. The molecule has 0 aliphatic carbocycles. The van der Waals surface area contributed by atoms with E-state index in [0.29, 0.717) is 5.88 Å². The molecule has 0 amide bonds. The molecular weight excluding hydrogens is 234 g/mol. The van der Waals surface area contributed by atoms with Crippen LogP contribution in [0.2, 0.25) is 0 Å². The topological polar surface area (TPSA) is 26.0 Å². The molecular formula is C10H10ClNS2. The zero-order chi connectivity index (χ0) is 10.1. The van der Waals surface area contributed by atoms with Gasteiger partial charge in [-0.2, -0.15) is 0 Å². The lowest BCUT2D eigenvalue weighted by molar-refractivity contribution is 1.48. The van der Waals surface area contributed by atoms with E-state index < -0.39 is 0 Å². The van der Waals surface area contributed by atoms with Gasteiger partial charge in [0.05, 0.1) is 15.6 Å². The van der Waals surface area contributed by atoms with Crippen molar-refractivity contribution < 1.29 is 0 Å². The quantitative estimate of drug-likeness (QED) is 0.639. The molecule has 2 N–H and O–H groups in total. The van der Waals surface area contributed by atoms with Crippen LogP contribution in [0.4, 0.5) is 5.00 Å². The van der Waals surface area contributed by atoms with Crippen LogP contribution < -0.4 is 5.73 Å². The van der Waals surface area contributed by atoms with Crippen molar-refractivity contribution in [1.82, 2.24) is 0 Å². The molecule has 0 atom stereocenters. The van der Waals surface area contributed by atoms with Crippen LogP contribution in [-0.2, 0) is 5.88 Å². The van der Waals surface area contributed by atoms with Crippen LogP contribution in [0.3, 0.4) is 0 Å². The van der Waals surface area contributed by atoms with Crippen molar-refractivity contribution in [2.45, 2.75) is 10.8 Å². The SMILES string of the molecule is CSc1cccc2c(CCl)c(N)sc12. The van der Waals surface area contributed by atoms with Crippen molar-refractivity contribution >= 4 is 49.8 Å². The number of anilines is 1. The number of nitrogen functional groups attached to an aromatic ring is 1. The maximum atomic E-state index is 5.91. The van der Waals surface area contributed by atoms with E-state index in [9.17, 15) is 0 Å². The number of nitrogens with two attached hydrogens (primary N) is 1. The zero-order valence-electron chi connectivity index (χ0n) is 7.71. The van der Waals surface area contributed by atoms with Gasteiger partial charge in [-0.15, -0.1) is 34.7 Å². The van der Waals surface area contributed by atoms with Crippen LogP contribution in [0, 0.1) is 0 Å². The summed E-state index contributed by atoms with van der Waals surface area (Å²) in [5.41, 5.74) is 6.98. The van der Waals surface area contributed by atoms with E-state index in [2.05, 4.69) is 24.5 Å². The Hall–Kier alpha value is -0.380. The van der Waals surface area contributed by atoms with Gasteiger partial charge in [0.2, 0.25) is 0 Å². The number of thiophene rings is 1. The normalized spacial score (nSPS) is 11.0. The van der Waals surface area contributed by atoms with Crippen molar-refractivity contribution in [1.29, 1.82) is 0 Å². The van der Waals surface area contributed by atoms with Crippen LogP contribution in [0.5, 0.6) is 0 Å². The Morgan fingerprint density at radius 1 is 1.50 bits per heavy atom. The Bertz CT molecular complexity index is 464. The van der Waals surface area contributed by atoms with Crippen molar-refractivity contribution in [2.24, 2.45) is 0 Å². The van der Waals surface area contributed by atoms with E-state index in [1.54, 1.807) is 23.1 Å². The smallest absolute Gasteiger partial charge is 0.0914 e. The number of hydrogen-bond acceptors (Lipinski definition) is 3. The first-order valence-corrected chi connectivity index (χ1v) is 6.75. The van der Waals surface area contributed by atoms with Gasteiger partial charge in [-0.05, 0) is 12.3 Å². The number of hydrogen-bond donors (Lipinski definition) is 1. The lowest BCUT2D eigenvalue weighted by Gasteiger charge is -1.98. The number of fused-ring (bicyclic) bond motifs is 1. The Morgan fingerprint density at radius 2 is 2.29 bits per heavy atom. The molecule has 14 heavy (non-hydrogen) atoms. The molecule has 0 radical (unpaired) electrons. The maximum absolute atomic E-state index is 5.91. The Balaban J connectivity index is 2.79. The van der Waals surface area contributed by atoms with Crippen molar-refractivity contribution in [3.63, 3.8) is 0 Å². The predicted molar refractivity (Wildman–Crippen MR) is 67.6 cm³/mol. The highest BCUT2D eigenvalue weighted by molar-refractivity contribution is 7.99. The second-order valence-electron chi connectivity index (χ2n) is 2.92. The third-order valence-electron chi connectivity index (χ3n) is 2.17. The molecule has 0 aliphatic heterocycles. The summed E-state index contributed by atoms with van der Waals surface area (Å²) in [6.07, 6.45) is 2.07. The second kappa shape index (κ2) is 4.01. The average molecular weight is 244 g/mol. The van der Waals surface area contributed by atoms with E-state index in [-0.39, 0.29) is 0 Å². The van der Waals surface area contributed by atoms with Gasteiger partial charge < -0.3 is 5.73 Å². The Kier molecular flexibility index (Phi) is 2.91. The molecule has 74 valence electrons. The molecule has 1 aromatic carbocycles. The van der Waals surface area contributed by atoms with E-state index >= 15 is 0 Å². The zero-order valence-corrected chi connectivity index (χ0v) is 10.1. The summed E-state index contributed by atoms with van der Waals surface area (Å²) < 4.78 is 1.26. The monoisotopic (exact) mass is 243 g/mol. The lowest BCUT2D eigenvalue weighted by atomic mass is 10.2. The summed E-state index contributed by atoms with van der Waals surface area (Å²) in [4.78, 5) is 1.27. The molecule has 0 unspecified atom stereocenters. The summed E-state index contributed by atoms with van der Waals surface area (Å²) in [5.74, 6) is 0.490. The van der Waals surface area contributed by atoms with Gasteiger partial charge in [-0.1, -0.05) is 12.1 Å². The number of alkyl halides is 1. The van der Waals surface area contributed by atoms with Gasteiger partial charge >= 0.3 is 0 Å². The lowest BCUT2D eigenvalue weighted by Crippen LogP contribution is -1.84. The number of benzene rings is 1. The summed E-state index contributed by atoms with van der Waals surface area (Å²) >= 11 is 9.24. The van der Waals surface area contributed by atoms with Crippen molar-refractivity contribution in [3.8, 4) is 0 Å². The third kappa shape index (κ3) is 1.49. The first-order valence-electron chi connectivity index (χ1n) is 4.17. The van der Waals surface area contributed by atoms with Crippen LogP contribution in [0.25, 0.3) is 10.1 Å². The molecule has 0 saturated heterocycles. The minimum absolute atomic E-state index is 0.490. The fraction of sp³-hybridized carbons (Fsp3) is 0.200. The highest BCUT2D eigenvalue weighted by Crippen LogP contribution is 2.39. The average Bonchev–Trinajstić information content (AvgIpc) is 2.52. The fourth-order valence-corrected chi connectivity index (χ4v) is 3.71. The largest absolute Gasteiger partial charge is 0.390 e. The van der Waals surface area contributed by atoms with E-state index in [0.717, 1.165) is 10.6 Å². The minimum Gasteiger partial charge on any atom is -0.390 e. The fourth-order valence-electron chi connectivity index (χ4n) is 1.46. The molecule has 0 bridgehead atoms. The van der Waals surface area contributed by atoms with Crippen LogP contribution in [-0.4, -0.2) is 6.26 Å². The summed E-state index contributed by atoms with van der Waals surface area (Å²) in [6.45, 7) is 0. The third-order valence-corrected chi connectivity index (χ3v) is 4.45. The molecule has 0 spiro atoms. The Labute approximate surface area is 96.2 Å². The van der Waals surface area contributed by atoms with E-state index in [4.69, 9.17) is 17.3 Å². The predicted octanol–water partition coefficient (Wildman–Crippen LogP) is 3.94. The number of halogens is 1. The van der Waals surface area contributed by atoms with Crippen LogP contribution >= 0.6 is 34.7 Å². The van der Waals surface area contributed by atoms with Crippen molar-refractivity contribution in [2.75, 3.05) is 12.0 Å². The maximum Gasteiger partial charge on any atom is 0.0914 e. The molecule has 0 fully saturated rings. The van der Waals surface area contributed by atoms with Gasteiger partial charge in [0.25, 0.3) is 0 Å².